The zero-order valence-electron chi connectivity index (χ0n) is 15.9. The maximum absolute atomic E-state index is 12.1. The number of aromatic carboxylic acids is 1. The van der Waals surface area contributed by atoms with Crippen molar-refractivity contribution in [3.63, 3.8) is 0 Å². The van der Waals surface area contributed by atoms with Crippen molar-refractivity contribution in [1.82, 2.24) is 4.98 Å². The molecule has 2 aromatic carbocycles. The van der Waals surface area contributed by atoms with E-state index in [1.807, 2.05) is 32.0 Å². The van der Waals surface area contributed by atoms with E-state index in [2.05, 4.69) is 0 Å². The van der Waals surface area contributed by atoms with Crippen molar-refractivity contribution in [3.8, 4) is 5.75 Å². The molecule has 5 heteroatoms. The Labute approximate surface area is 168 Å². The van der Waals surface area contributed by atoms with Crippen molar-refractivity contribution in [2.45, 2.75) is 44.9 Å². The van der Waals surface area contributed by atoms with Crippen LogP contribution in [0.5, 0.6) is 5.75 Å². The normalized spacial score (nSPS) is 14.1. The lowest BCUT2D eigenvalue weighted by atomic mass is 9.79. The predicted octanol–water partition coefficient (Wildman–Crippen LogP) is 5.50. The fraction of sp³-hybridized carbons (Fsp3) is 0.304. The molecule has 28 heavy (non-hydrogen) atoms. The SMILES string of the molecule is CC(C)(c1ccc(Cl)cc1)c1nc2c3c(ccc2c(C(=O)O)c1O)CCCC3. The van der Waals surface area contributed by atoms with Crippen LogP contribution in [0.3, 0.4) is 0 Å². The minimum Gasteiger partial charge on any atom is -0.505 e. The molecule has 1 heterocycles. The molecule has 1 aliphatic rings. The molecule has 1 aromatic heterocycles. The van der Waals surface area contributed by atoms with E-state index < -0.39 is 11.4 Å². The molecule has 0 spiro atoms. The summed E-state index contributed by atoms with van der Waals surface area (Å²) in [5.74, 6) is -1.41. The van der Waals surface area contributed by atoms with E-state index >= 15 is 0 Å². The molecule has 0 unspecified atom stereocenters. The Bertz CT molecular complexity index is 1090. The van der Waals surface area contributed by atoms with Gasteiger partial charge in [0.15, 0.2) is 5.75 Å². The lowest BCUT2D eigenvalue weighted by Gasteiger charge is -2.28. The molecule has 0 atom stereocenters. The van der Waals surface area contributed by atoms with Crippen LogP contribution in [0.25, 0.3) is 10.9 Å². The summed E-state index contributed by atoms with van der Waals surface area (Å²) in [6.07, 6.45) is 4.05. The molecule has 0 amide bonds. The Hall–Kier alpha value is -2.59. The second-order valence-electron chi connectivity index (χ2n) is 7.93. The van der Waals surface area contributed by atoms with Crippen molar-refractivity contribution in [1.29, 1.82) is 0 Å². The van der Waals surface area contributed by atoms with Gasteiger partial charge in [-0.2, -0.15) is 0 Å². The summed E-state index contributed by atoms with van der Waals surface area (Å²) in [7, 11) is 0. The fourth-order valence-electron chi connectivity index (χ4n) is 4.20. The number of nitrogens with zero attached hydrogens (tertiary/aromatic N) is 1. The van der Waals surface area contributed by atoms with Crippen LogP contribution >= 0.6 is 11.6 Å². The molecule has 144 valence electrons. The smallest absolute Gasteiger partial charge is 0.340 e. The highest BCUT2D eigenvalue weighted by Crippen LogP contribution is 2.41. The van der Waals surface area contributed by atoms with Crippen molar-refractivity contribution in [2.24, 2.45) is 0 Å². The van der Waals surface area contributed by atoms with Gasteiger partial charge in [-0.25, -0.2) is 9.78 Å². The third kappa shape index (κ3) is 2.92. The first kappa shape index (κ1) is 18.8. The van der Waals surface area contributed by atoms with Gasteiger partial charge in [0.1, 0.15) is 5.56 Å². The Morgan fingerprint density at radius 3 is 2.43 bits per heavy atom. The van der Waals surface area contributed by atoms with E-state index in [0.717, 1.165) is 36.8 Å². The number of hydrogen-bond acceptors (Lipinski definition) is 3. The topological polar surface area (TPSA) is 70.4 Å². The second-order valence-corrected chi connectivity index (χ2v) is 8.36. The van der Waals surface area contributed by atoms with Crippen LogP contribution in [0.15, 0.2) is 36.4 Å². The van der Waals surface area contributed by atoms with Crippen molar-refractivity contribution in [3.05, 3.63) is 69.4 Å². The lowest BCUT2D eigenvalue weighted by molar-refractivity contribution is 0.0695. The molecule has 4 rings (SSSR count). The van der Waals surface area contributed by atoms with E-state index in [0.29, 0.717) is 21.6 Å². The summed E-state index contributed by atoms with van der Waals surface area (Å²) in [4.78, 5) is 16.9. The molecular formula is C23H22ClNO3. The highest BCUT2D eigenvalue weighted by molar-refractivity contribution is 6.30. The number of carboxylic acids is 1. The van der Waals surface area contributed by atoms with Crippen LogP contribution in [0.2, 0.25) is 5.02 Å². The number of pyridine rings is 1. The number of fused-ring (bicyclic) bond motifs is 3. The number of aryl methyl sites for hydroxylation is 2. The van der Waals surface area contributed by atoms with Gasteiger partial charge in [0, 0.05) is 15.8 Å². The fourth-order valence-corrected chi connectivity index (χ4v) is 4.33. The average Bonchev–Trinajstić information content (AvgIpc) is 2.67. The number of halogens is 1. The van der Waals surface area contributed by atoms with E-state index in [4.69, 9.17) is 16.6 Å². The van der Waals surface area contributed by atoms with Crippen LogP contribution in [-0.4, -0.2) is 21.2 Å². The molecule has 0 radical (unpaired) electrons. The highest BCUT2D eigenvalue weighted by atomic mass is 35.5. The summed E-state index contributed by atoms with van der Waals surface area (Å²) in [6, 6.07) is 11.1. The standard InChI is InChI=1S/C23H22ClNO3/c1-23(2,14-8-10-15(24)11-9-14)21-20(26)18(22(27)28)17-12-7-13-5-3-4-6-16(13)19(17)25-21/h7-12,26H,3-6H2,1-2H3,(H,27,28). The molecule has 4 nitrogen and oxygen atoms in total. The molecule has 0 saturated carbocycles. The van der Waals surface area contributed by atoms with Crippen molar-refractivity contribution >= 4 is 28.5 Å². The van der Waals surface area contributed by atoms with E-state index in [1.165, 1.54) is 5.56 Å². The summed E-state index contributed by atoms with van der Waals surface area (Å²) in [6.45, 7) is 3.87. The minimum absolute atomic E-state index is 0.0737. The van der Waals surface area contributed by atoms with Gasteiger partial charge in [-0.1, -0.05) is 49.7 Å². The Morgan fingerprint density at radius 2 is 1.75 bits per heavy atom. The monoisotopic (exact) mass is 395 g/mol. The van der Waals surface area contributed by atoms with Crippen molar-refractivity contribution in [2.75, 3.05) is 0 Å². The largest absolute Gasteiger partial charge is 0.505 e. The molecule has 0 fully saturated rings. The zero-order valence-corrected chi connectivity index (χ0v) is 16.7. The quantitative estimate of drug-likeness (QED) is 0.614. The second kappa shape index (κ2) is 6.78. The van der Waals surface area contributed by atoms with E-state index in [1.54, 1.807) is 18.2 Å². The maximum atomic E-state index is 12.1. The molecular weight excluding hydrogens is 374 g/mol. The molecule has 0 aliphatic heterocycles. The van der Waals surface area contributed by atoms with Crippen LogP contribution in [-0.2, 0) is 18.3 Å². The lowest BCUT2D eigenvalue weighted by Crippen LogP contribution is -2.22. The van der Waals surface area contributed by atoms with Gasteiger partial charge in [-0.3, -0.25) is 0 Å². The number of benzene rings is 2. The molecule has 0 saturated heterocycles. The number of aromatic hydroxyl groups is 1. The third-order valence-electron chi connectivity index (χ3n) is 5.83. The van der Waals surface area contributed by atoms with E-state index in [9.17, 15) is 15.0 Å². The maximum Gasteiger partial charge on any atom is 0.340 e. The van der Waals surface area contributed by atoms with Crippen molar-refractivity contribution < 1.29 is 15.0 Å². The van der Waals surface area contributed by atoms with Crippen LogP contribution < -0.4 is 0 Å². The highest BCUT2D eigenvalue weighted by Gasteiger charge is 2.33. The summed E-state index contributed by atoms with van der Waals surface area (Å²) >= 11 is 6.02. The van der Waals surface area contributed by atoms with Gasteiger partial charge >= 0.3 is 5.97 Å². The summed E-state index contributed by atoms with van der Waals surface area (Å²) in [5, 5.41) is 21.9. The van der Waals surface area contributed by atoms with Gasteiger partial charge in [0.2, 0.25) is 0 Å². The Morgan fingerprint density at radius 1 is 1.07 bits per heavy atom. The summed E-state index contributed by atoms with van der Waals surface area (Å²) < 4.78 is 0. The first-order chi connectivity index (χ1) is 13.3. The Balaban J connectivity index is 2.04. The Kier molecular flexibility index (Phi) is 4.54. The zero-order chi connectivity index (χ0) is 20.1. The van der Waals surface area contributed by atoms with Gasteiger partial charge in [0.25, 0.3) is 0 Å². The van der Waals surface area contributed by atoms with Crippen LogP contribution in [0, 0.1) is 0 Å². The number of rotatable bonds is 3. The van der Waals surface area contributed by atoms with Gasteiger partial charge < -0.3 is 10.2 Å². The number of aromatic nitrogens is 1. The number of carboxylic acid groups (broad SMARTS) is 1. The third-order valence-corrected chi connectivity index (χ3v) is 6.08. The first-order valence-electron chi connectivity index (χ1n) is 9.48. The minimum atomic E-state index is -1.14. The first-order valence-corrected chi connectivity index (χ1v) is 9.85. The summed E-state index contributed by atoms with van der Waals surface area (Å²) in [5.41, 5.74) is 3.55. The average molecular weight is 396 g/mol. The predicted molar refractivity (Wildman–Crippen MR) is 111 cm³/mol. The van der Waals surface area contributed by atoms with E-state index in [-0.39, 0.29) is 11.3 Å². The molecule has 1 aliphatic carbocycles. The number of carbonyl (C=O) groups is 1. The van der Waals surface area contributed by atoms with Crippen LogP contribution in [0.4, 0.5) is 0 Å². The van der Waals surface area contributed by atoms with Gasteiger partial charge in [-0.05, 0) is 54.5 Å². The van der Waals surface area contributed by atoms with Gasteiger partial charge in [-0.15, -0.1) is 0 Å². The van der Waals surface area contributed by atoms with Gasteiger partial charge in [0.05, 0.1) is 11.2 Å². The molecule has 2 N–H and O–H groups in total. The number of hydrogen-bond donors (Lipinski definition) is 2. The molecule has 0 bridgehead atoms. The van der Waals surface area contributed by atoms with Crippen LogP contribution in [0.1, 0.15) is 59.4 Å². The molecule has 3 aromatic rings.